The number of nitrogens with two attached hydrogens (primary N) is 1. The van der Waals surface area contributed by atoms with Crippen LogP contribution < -0.4 is 5.73 Å². The SMILES string of the molecule is CCCN=S(=O)(c1ccc(N)cc1)N(C)C. The van der Waals surface area contributed by atoms with Crippen LogP contribution in [0.25, 0.3) is 0 Å². The van der Waals surface area contributed by atoms with Crippen LogP contribution in [0.15, 0.2) is 33.5 Å². The van der Waals surface area contributed by atoms with E-state index in [2.05, 4.69) is 4.36 Å². The third-order valence-corrected chi connectivity index (χ3v) is 4.58. The highest BCUT2D eigenvalue weighted by atomic mass is 32.2. The molecular weight excluding hydrogens is 222 g/mol. The summed E-state index contributed by atoms with van der Waals surface area (Å²) in [6, 6.07) is 7.05. The molecule has 0 aliphatic carbocycles. The predicted octanol–water partition coefficient (Wildman–Crippen LogP) is 1.98. The van der Waals surface area contributed by atoms with Crippen molar-refractivity contribution >= 4 is 15.6 Å². The van der Waals surface area contributed by atoms with Gasteiger partial charge in [0.05, 0.1) is 4.90 Å². The van der Waals surface area contributed by atoms with Gasteiger partial charge in [0, 0.05) is 26.3 Å². The van der Waals surface area contributed by atoms with E-state index < -0.39 is 9.92 Å². The zero-order valence-electron chi connectivity index (χ0n) is 10.0. The molecule has 0 aromatic heterocycles. The highest BCUT2D eigenvalue weighted by Crippen LogP contribution is 2.17. The maximum atomic E-state index is 12.7. The third kappa shape index (κ3) is 2.74. The lowest BCUT2D eigenvalue weighted by Crippen LogP contribution is -2.22. The molecule has 0 saturated heterocycles. The van der Waals surface area contributed by atoms with Gasteiger partial charge in [-0.1, -0.05) is 6.92 Å². The van der Waals surface area contributed by atoms with E-state index in [0.717, 1.165) is 6.42 Å². The molecule has 1 aromatic carbocycles. The van der Waals surface area contributed by atoms with Crippen LogP contribution in [0.5, 0.6) is 0 Å². The molecule has 0 spiro atoms. The van der Waals surface area contributed by atoms with Gasteiger partial charge in [-0.15, -0.1) is 0 Å². The van der Waals surface area contributed by atoms with Gasteiger partial charge >= 0.3 is 0 Å². The van der Waals surface area contributed by atoms with E-state index in [0.29, 0.717) is 17.1 Å². The molecule has 0 saturated carbocycles. The number of nitrogens with zero attached hydrogens (tertiary/aromatic N) is 2. The third-order valence-electron chi connectivity index (χ3n) is 2.17. The molecule has 1 aromatic rings. The summed E-state index contributed by atoms with van der Waals surface area (Å²) in [6.45, 7) is 2.61. The van der Waals surface area contributed by atoms with E-state index in [4.69, 9.17) is 5.73 Å². The van der Waals surface area contributed by atoms with Gasteiger partial charge in [-0.05, 0) is 30.7 Å². The second-order valence-electron chi connectivity index (χ2n) is 3.73. The Kier molecular flexibility index (Phi) is 4.32. The Morgan fingerprint density at radius 3 is 2.31 bits per heavy atom. The Morgan fingerprint density at radius 1 is 1.31 bits per heavy atom. The molecular formula is C11H19N3OS. The number of benzene rings is 1. The Labute approximate surface area is 97.8 Å². The van der Waals surface area contributed by atoms with Crippen LogP contribution in [-0.2, 0) is 9.92 Å². The molecule has 4 nitrogen and oxygen atoms in total. The van der Waals surface area contributed by atoms with E-state index in [1.54, 1.807) is 42.7 Å². The van der Waals surface area contributed by atoms with Crippen molar-refractivity contribution in [3.05, 3.63) is 24.3 Å². The Hall–Kier alpha value is -1.07. The number of anilines is 1. The first-order valence-corrected chi connectivity index (χ1v) is 6.74. The van der Waals surface area contributed by atoms with Crippen molar-refractivity contribution in [2.24, 2.45) is 4.36 Å². The van der Waals surface area contributed by atoms with Crippen LogP contribution >= 0.6 is 0 Å². The molecule has 0 bridgehead atoms. The van der Waals surface area contributed by atoms with Crippen LogP contribution in [0.4, 0.5) is 5.69 Å². The van der Waals surface area contributed by atoms with Crippen molar-refractivity contribution in [3.8, 4) is 0 Å². The molecule has 1 rings (SSSR count). The molecule has 2 N–H and O–H groups in total. The highest BCUT2D eigenvalue weighted by molar-refractivity contribution is 7.91. The van der Waals surface area contributed by atoms with Crippen LogP contribution in [0.2, 0.25) is 0 Å². The molecule has 0 aliphatic heterocycles. The summed E-state index contributed by atoms with van der Waals surface area (Å²) < 4.78 is 18.6. The topological polar surface area (TPSA) is 58.7 Å². The summed E-state index contributed by atoms with van der Waals surface area (Å²) in [5.74, 6) is 0. The average molecular weight is 241 g/mol. The fraction of sp³-hybridized carbons (Fsp3) is 0.455. The number of nitrogen functional groups attached to an aromatic ring is 1. The van der Waals surface area contributed by atoms with Crippen LogP contribution in [0, 0.1) is 0 Å². The summed E-state index contributed by atoms with van der Waals surface area (Å²) >= 11 is 0. The van der Waals surface area contributed by atoms with Gasteiger partial charge < -0.3 is 5.73 Å². The molecule has 0 radical (unpaired) electrons. The monoisotopic (exact) mass is 241 g/mol. The van der Waals surface area contributed by atoms with E-state index in [1.807, 2.05) is 6.92 Å². The van der Waals surface area contributed by atoms with Gasteiger partial charge in [0.25, 0.3) is 0 Å². The second kappa shape index (κ2) is 5.32. The minimum absolute atomic E-state index is 0.599. The zero-order valence-corrected chi connectivity index (χ0v) is 10.8. The minimum Gasteiger partial charge on any atom is -0.399 e. The number of hydrogen-bond acceptors (Lipinski definition) is 3. The lowest BCUT2D eigenvalue weighted by molar-refractivity contribution is 0.589. The maximum Gasteiger partial charge on any atom is 0.139 e. The van der Waals surface area contributed by atoms with E-state index in [-0.39, 0.29) is 0 Å². The normalized spacial score (nSPS) is 14.8. The summed E-state index contributed by atoms with van der Waals surface area (Å²) in [5.41, 5.74) is 6.28. The van der Waals surface area contributed by atoms with Crippen molar-refractivity contribution in [2.75, 3.05) is 26.4 Å². The standard InChI is InChI=1S/C11H19N3OS/c1-4-9-13-16(15,14(2)3)11-7-5-10(12)6-8-11/h5-8H,4,9,12H2,1-3H3. The number of hydrogen-bond donors (Lipinski definition) is 1. The summed E-state index contributed by atoms with van der Waals surface area (Å²) in [5, 5.41) is 0. The van der Waals surface area contributed by atoms with Crippen molar-refractivity contribution in [3.63, 3.8) is 0 Å². The summed E-state index contributed by atoms with van der Waals surface area (Å²) in [6.07, 6.45) is 0.889. The lowest BCUT2D eigenvalue weighted by atomic mass is 10.3. The first-order chi connectivity index (χ1) is 7.50. The summed E-state index contributed by atoms with van der Waals surface area (Å²) in [4.78, 5) is 0.708. The highest BCUT2D eigenvalue weighted by Gasteiger charge is 2.14. The summed E-state index contributed by atoms with van der Waals surface area (Å²) in [7, 11) is 1.09. The van der Waals surface area contributed by atoms with Crippen molar-refractivity contribution in [1.29, 1.82) is 0 Å². The lowest BCUT2D eigenvalue weighted by Gasteiger charge is -2.17. The van der Waals surface area contributed by atoms with Gasteiger partial charge in [-0.25, -0.2) is 12.9 Å². The number of rotatable bonds is 4. The Bertz CT molecular complexity index is 445. The van der Waals surface area contributed by atoms with Gasteiger partial charge in [0.15, 0.2) is 0 Å². The molecule has 0 heterocycles. The largest absolute Gasteiger partial charge is 0.399 e. The van der Waals surface area contributed by atoms with Gasteiger partial charge in [-0.2, -0.15) is 0 Å². The average Bonchev–Trinajstić information content (AvgIpc) is 2.26. The first kappa shape index (κ1) is 13.0. The van der Waals surface area contributed by atoms with E-state index in [1.165, 1.54) is 0 Å². The molecule has 5 heteroatoms. The van der Waals surface area contributed by atoms with Crippen molar-refractivity contribution in [2.45, 2.75) is 18.2 Å². The molecule has 0 fully saturated rings. The van der Waals surface area contributed by atoms with Crippen molar-refractivity contribution < 1.29 is 4.21 Å². The van der Waals surface area contributed by atoms with Crippen LogP contribution in [0.3, 0.4) is 0 Å². The maximum absolute atomic E-state index is 12.7. The van der Waals surface area contributed by atoms with Crippen LogP contribution in [0.1, 0.15) is 13.3 Å². The van der Waals surface area contributed by atoms with E-state index >= 15 is 0 Å². The first-order valence-electron chi connectivity index (χ1n) is 5.26. The molecule has 1 unspecified atom stereocenters. The molecule has 0 aliphatic rings. The molecule has 90 valence electrons. The fourth-order valence-corrected chi connectivity index (χ4v) is 2.98. The molecule has 1 atom stereocenters. The Balaban J connectivity index is 3.23. The minimum atomic E-state index is -2.46. The smallest absolute Gasteiger partial charge is 0.139 e. The van der Waals surface area contributed by atoms with Crippen molar-refractivity contribution in [1.82, 2.24) is 4.31 Å². The predicted molar refractivity (Wildman–Crippen MR) is 68.5 cm³/mol. The quantitative estimate of drug-likeness (QED) is 0.819. The van der Waals surface area contributed by atoms with E-state index in [9.17, 15) is 4.21 Å². The Morgan fingerprint density at radius 2 is 1.88 bits per heavy atom. The van der Waals surface area contributed by atoms with Gasteiger partial charge in [0.2, 0.25) is 0 Å². The molecule has 16 heavy (non-hydrogen) atoms. The van der Waals surface area contributed by atoms with Gasteiger partial charge in [0.1, 0.15) is 9.92 Å². The zero-order chi connectivity index (χ0) is 12.2. The van der Waals surface area contributed by atoms with Crippen LogP contribution in [-0.4, -0.2) is 29.2 Å². The fourth-order valence-electron chi connectivity index (χ4n) is 1.26. The molecule has 0 amide bonds. The van der Waals surface area contributed by atoms with Gasteiger partial charge in [-0.3, -0.25) is 0 Å². The second-order valence-corrected chi connectivity index (χ2v) is 6.18.